The number of nitrogen functional groups attached to an aromatic ring is 1. The van der Waals surface area contributed by atoms with E-state index in [-0.39, 0.29) is 57.2 Å². The van der Waals surface area contributed by atoms with Gasteiger partial charge in [0.2, 0.25) is 11.8 Å². The number of phenolic OH excluding ortho intramolecular Hbond substituents is 1. The first-order chi connectivity index (χ1) is 39.4. The molecule has 418 valence electrons. The number of carbonyl (C=O) groups excluding carboxylic acids is 6. The summed E-state index contributed by atoms with van der Waals surface area (Å²) in [7, 11) is 0. The number of pyridine rings is 1. The van der Waals surface area contributed by atoms with Crippen molar-refractivity contribution in [2.45, 2.75) is 63.1 Å². The number of aryl methyl sites for hydroxylation is 1. The Labute approximate surface area is 489 Å². The van der Waals surface area contributed by atoms with E-state index >= 15 is 4.79 Å². The molecule has 2 aliphatic rings. The second-order valence-corrected chi connectivity index (χ2v) is 24.7. The van der Waals surface area contributed by atoms with Crippen molar-refractivity contribution in [2.24, 2.45) is 17.4 Å². The number of phenols is 1. The zero-order valence-corrected chi connectivity index (χ0v) is 47.8. The molecule has 2 aromatic carbocycles. The number of hydrogen-bond donors (Lipinski definition) is 9. The van der Waals surface area contributed by atoms with E-state index in [1.165, 1.54) is 67.2 Å². The van der Waals surface area contributed by atoms with Gasteiger partial charge in [-0.15, -0.1) is 68.0 Å². The minimum absolute atomic E-state index is 0.0240. The Morgan fingerprint density at radius 3 is 2.10 bits per heavy atom. The molecule has 0 unspecified atom stereocenters. The van der Waals surface area contributed by atoms with Gasteiger partial charge >= 0.3 is 0 Å². The average molecular weight is 1220 g/mol. The predicted octanol–water partition coefficient (Wildman–Crippen LogP) is 5.97. The number of aromatic hydroxyl groups is 1. The first-order valence-electron chi connectivity index (χ1n) is 24.9. The summed E-state index contributed by atoms with van der Waals surface area (Å²) in [4.78, 5) is 118. The summed E-state index contributed by atoms with van der Waals surface area (Å²) < 4.78 is 0. The van der Waals surface area contributed by atoms with Crippen molar-refractivity contribution in [1.82, 2.24) is 55.7 Å². The molecule has 7 atom stereocenters. The van der Waals surface area contributed by atoms with Crippen LogP contribution in [0.5, 0.6) is 5.75 Å². The Balaban J connectivity index is 1.02. The summed E-state index contributed by atoms with van der Waals surface area (Å²) >= 11 is 6.84. The second kappa shape index (κ2) is 22.9. The number of nitrogens with one attached hydrogen (secondary N) is 3. The number of thiazole rings is 6. The summed E-state index contributed by atoms with van der Waals surface area (Å²) in [5, 5.41) is 52.3. The lowest BCUT2D eigenvalue weighted by atomic mass is 10.00. The van der Waals surface area contributed by atoms with Crippen molar-refractivity contribution < 1.29 is 44.1 Å². The maximum Gasteiger partial charge on any atom is 0.271 e. The number of benzene rings is 2. The highest BCUT2D eigenvalue weighted by Crippen LogP contribution is 2.43. The Bertz CT molecular complexity index is 3970. The third kappa shape index (κ3) is 11.2. The van der Waals surface area contributed by atoms with Gasteiger partial charge in [0.1, 0.15) is 93.8 Å². The molecule has 11 rings (SSSR count). The molecule has 29 heteroatoms. The second-order valence-electron chi connectivity index (χ2n) is 19.2. The van der Waals surface area contributed by atoms with Gasteiger partial charge in [-0.25, -0.2) is 34.9 Å². The van der Waals surface area contributed by atoms with E-state index in [0.717, 1.165) is 34.0 Å². The van der Waals surface area contributed by atoms with Crippen molar-refractivity contribution >= 4 is 109 Å². The highest BCUT2D eigenvalue weighted by atomic mass is 32.1. The quantitative estimate of drug-likeness (QED) is 0.0625. The van der Waals surface area contributed by atoms with Gasteiger partial charge in [-0.3, -0.25) is 28.8 Å². The molecular formula is C53H46N14O9S6. The van der Waals surface area contributed by atoms with Crippen LogP contribution in [0.3, 0.4) is 0 Å². The smallest absolute Gasteiger partial charge is 0.271 e. The number of fused-ring (bicyclic) bond motifs is 16. The van der Waals surface area contributed by atoms with Crippen LogP contribution in [-0.2, 0) is 16.0 Å². The van der Waals surface area contributed by atoms with E-state index in [0.29, 0.717) is 64.4 Å². The number of amides is 6. The molecule has 0 spiro atoms. The van der Waals surface area contributed by atoms with Gasteiger partial charge in [0.05, 0.1) is 36.0 Å². The van der Waals surface area contributed by atoms with Crippen LogP contribution < -0.4 is 33.2 Å². The van der Waals surface area contributed by atoms with Crippen molar-refractivity contribution in [2.75, 3.05) is 12.3 Å². The molecule has 2 aliphatic heterocycles. The van der Waals surface area contributed by atoms with E-state index in [9.17, 15) is 39.3 Å². The number of aromatic nitrogens is 7. The fraction of sp³-hybridized carbons (Fsp3) is 0.226. The molecule has 0 radical (unpaired) electrons. The summed E-state index contributed by atoms with van der Waals surface area (Å²) in [6.07, 6.45) is -2.92. The third-order valence-electron chi connectivity index (χ3n) is 13.6. The van der Waals surface area contributed by atoms with E-state index in [2.05, 4.69) is 30.9 Å². The molecular weight excluding hydrogens is 1170 g/mol. The molecule has 1 fully saturated rings. The standard InChI is InChI=1S/C53H46N14O9S6/c1-21-36(69)15-67-41(21)52-64-34(20-81-52)49-60-30(16-78-49)39-25(9-10-27(57-39)48-61-31(17-79-48)43(56)72)47-62-32(18-77-47)44(73)58-28(14-37(55)70)50-66-38(22(2)82-50)46(75)65-40(42(71)24-6-4-3-5-7-24)51-63-33(19-80-51)45(74)59-29(53(67)76)13-23-8-11-35(68)26(54)12-23/h3-12,16-21,28-29,36,40-42,68-69,71H,13-15,54H2,1-2H3,(H2,55,70)(H2,56,72)(H,58,73)(H,59,74)(H,65,75)/t21-,28-,29-,36-,40-,41+,42+/m0/s1. The topological polar surface area (TPSA) is 371 Å². The van der Waals surface area contributed by atoms with Crippen LogP contribution in [0.1, 0.15) is 111 Å². The normalized spacial score (nSPS) is 19.9. The molecule has 9 aromatic rings. The van der Waals surface area contributed by atoms with Crippen LogP contribution in [0.25, 0.3) is 43.4 Å². The van der Waals surface area contributed by atoms with Gasteiger partial charge < -0.3 is 53.4 Å². The van der Waals surface area contributed by atoms with Crippen LogP contribution in [-0.4, -0.2) is 109 Å². The molecule has 6 amide bonds. The van der Waals surface area contributed by atoms with Crippen molar-refractivity contribution in [3.8, 4) is 49.1 Å². The number of nitrogens with two attached hydrogens (primary N) is 3. The number of aliphatic hydroxyl groups excluding tert-OH is 2. The van der Waals surface area contributed by atoms with Gasteiger partial charge in [0, 0.05) is 56.2 Å². The summed E-state index contributed by atoms with van der Waals surface area (Å²) in [5.41, 5.74) is 20.2. The van der Waals surface area contributed by atoms with Gasteiger partial charge in [-0.1, -0.05) is 43.3 Å². The molecule has 82 heavy (non-hydrogen) atoms. The molecule has 12 N–H and O–H groups in total. The third-order valence-corrected chi connectivity index (χ3v) is 19.2. The minimum Gasteiger partial charge on any atom is -0.506 e. The number of primary amides is 2. The lowest BCUT2D eigenvalue weighted by molar-refractivity contribution is -0.134. The molecule has 0 aliphatic carbocycles. The Morgan fingerprint density at radius 2 is 1.35 bits per heavy atom. The number of rotatable bonds is 8. The van der Waals surface area contributed by atoms with Crippen LogP contribution in [0.4, 0.5) is 5.69 Å². The van der Waals surface area contributed by atoms with Crippen molar-refractivity contribution in [3.63, 3.8) is 0 Å². The fourth-order valence-corrected chi connectivity index (χ4v) is 14.7. The minimum atomic E-state index is -1.42. The fourth-order valence-electron chi connectivity index (χ4n) is 9.41. The van der Waals surface area contributed by atoms with Gasteiger partial charge in [-0.2, -0.15) is 0 Å². The largest absolute Gasteiger partial charge is 0.506 e. The number of carbonyl (C=O) groups is 6. The van der Waals surface area contributed by atoms with E-state index in [4.69, 9.17) is 37.1 Å². The molecule has 1 saturated heterocycles. The van der Waals surface area contributed by atoms with Crippen LogP contribution in [0.15, 0.2) is 87.6 Å². The van der Waals surface area contributed by atoms with E-state index in [1.807, 2.05) is 0 Å². The SMILES string of the molecule is Cc1sc2nc1C(=O)N[C@@H]([C@H](O)c1ccccc1)c1nc(cs1)C(=O)N[C@@H](Cc1ccc(O)c(N)c1)C(=O)N1C[C@H](O)[C@H](C)[C@@H]1c1nc(cs1)-c1nc(cs1)-c1nc(-c3nc(C(N)=O)cs3)ccc1-c1nc(cs1)C(=O)N[C@H]2CC(N)=O. The monoisotopic (exact) mass is 1210 g/mol. The maximum atomic E-state index is 15.2. The van der Waals surface area contributed by atoms with Gasteiger partial charge in [0.25, 0.3) is 23.6 Å². The first kappa shape index (κ1) is 55.6. The van der Waals surface area contributed by atoms with Crippen LogP contribution >= 0.6 is 68.0 Å². The van der Waals surface area contributed by atoms with Gasteiger partial charge in [-0.05, 0) is 42.3 Å². The molecule has 9 heterocycles. The van der Waals surface area contributed by atoms with Crippen molar-refractivity contribution in [1.29, 1.82) is 0 Å². The number of nitrogens with zero attached hydrogens (tertiary/aromatic N) is 8. The summed E-state index contributed by atoms with van der Waals surface area (Å²) in [6.45, 7) is 3.32. The van der Waals surface area contributed by atoms with Crippen molar-refractivity contribution in [3.05, 3.63) is 141 Å². The lowest BCUT2D eigenvalue weighted by Gasteiger charge is -2.29. The zero-order chi connectivity index (χ0) is 57.7. The average Bonchev–Trinajstić information content (AvgIpc) is 4.50. The molecule has 23 nitrogen and oxygen atoms in total. The zero-order valence-electron chi connectivity index (χ0n) is 42.9. The Hall–Kier alpha value is -8.29. The van der Waals surface area contributed by atoms with E-state index < -0.39 is 84.2 Å². The number of aliphatic hydroxyl groups is 2. The molecule has 7 aromatic heterocycles. The van der Waals surface area contributed by atoms with Crippen LogP contribution in [0, 0.1) is 12.8 Å². The van der Waals surface area contributed by atoms with Gasteiger partial charge in [0.15, 0.2) is 0 Å². The molecule has 10 bridgehead atoms. The van der Waals surface area contributed by atoms with E-state index in [1.54, 1.807) is 73.1 Å². The highest BCUT2D eigenvalue weighted by Gasteiger charge is 2.45. The summed E-state index contributed by atoms with van der Waals surface area (Å²) in [5.74, 6) is -4.98. The Morgan fingerprint density at radius 1 is 0.695 bits per heavy atom. The van der Waals surface area contributed by atoms with Crippen LogP contribution in [0.2, 0.25) is 0 Å². The number of hydrogen-bond acceptors (Lipinski definition) is 23. The highest BCUT2D eigenvalue weighted by molar-refractivity contribution is 7.15. The first-order valence-corrected chi connectivity index (χ1v) is 30.2. The Kier molecular flexibility index (Phi) is 15.5. The summed E-state index contributed by atoms with van der Waals surface area (Å²) in [6, 6.07) is 11.9. The predicted molar refractivity (Wildman–Crippen MR) is 309 cm³/mol. The molecule has 0 saturated carbocycles. The maximum absolute atomic E-state index is 15.2. The number of anilines is 1. The lowest BCUT2D eigenvalue weighted by Crippen LogP contribution is -2.50.